The van der Waals surface area contributed by atoms with Gasteiger partial charge in [0, 0.05) is 38.2 Å². The van der Waals surface area contributed by atoms with Crippen LogP contribution in [0.2, 0.25) is 36.3 Å². The van der Waals surface area contributed by atoms with Crippen molar-refractivity contribution in [2.24, 2.45) is 0 Å². The Morgan fingerprint density at radius 2 is 1.35 bits per heavy atom. The Morgan fingerprint density at radius 1 is 0.792 bits per heavy atom. The third kappa shape index (κ3) is 7.59. The fraction of sp³-hybridized carbons (Fsp3) is 0.278. The molecule has 48 heavy (non-hydrogen) atoms. The van der Waals surface area contributed by atoms with Gasteiger partial charge in [-0.25, -0.2) is 9.97 Å². The quantitative estimate of drug-likeness (QED) is 0.100. The third-order valence-electron chi connectivity index (χ3n) is 7.93. The molecule has 0 aliphatic rings. The highest BCUT2D eigenvalue weighted by Crippen LogP contribution is 2.34. The van der Waals surface area contributed by atoms with E-state index < -0.39 is 8.07 Å². The van der Waals surface area contributed by atoms with Crippen LogP contribution in [0.1, 0.15) is 33.4 Å². The number of aryl methyl sites for hydroxylation is 4. The summed E-state index contributed by atoms with van der Waals surface area (Å²) in [5.41, 5.74) is 10.1. The SMILES string of the molecule is Cc1ccc(-c2nc(Cl)nc3[nH]cc(C#N)c23)c(C)c1.Cc1ccc(-c2nc(Cl)nc3c2c(C#N)cn3COCC[Si](C)(C)C)c(C)c1. The van der Waals surface area contributed by atoms with Crippen molar-refractivity contribution >= 4 is 53.3 Å². The zero-order valence-corrected chi connectivity index (χ0v) is 30.5. The first-order valence-electron chi connectivity index (χ1n) is 15.4. The normalized spacial score (nSPS) is 11.3. The number of hydrogen-bond donors (Lipinski definition) is 1. The van der Waals surface area contributed by atoms with E-state index in [1.807, 2.05) is 56.5 Å². The summed E-state index contributed by atoms with van der Waals surface area (Å²) in [6.45, 7) is 16.1. The lowest BCUT2D eigenvalue weighted by molar-refractivity contribution is 0.0898. The summed E-state index contributed by atoms with van der Waals surface area (Å²) in [6, 6.07) is 17.8. The molecule has 0 fully saturated rings. The smallest absolute Gasteiger partial charge is 0.224 e. The Kier molecular flexibility index (Phi) is 10.3. The van der Waals surface area contributed by atoms with Gasteiger partial charge in [-0.3, -0.25) is 0 Å². The minimum Gasteiger partial charge on any atom is -0.361 e. The zero-order chi connectivity index (χ0) is 34.7. The van der Waals surface area contributed by atoms with Gasteiger partial charge in [0.2, 0.25) is 10.6 Å². The maximum atomic E-state index is 9.69. The second-order valence-electron chi connectivity index (χ2n) is 13.0. The van der Waals surface area contributed by atoms with Crippen LogP contribution in [-0.4, -0.2) is 44.2 Å². The Labute approximate surface area is 291 Å². The Hall–Kier alpha value is -4.58. The summed E-state index contributed by atoms with van der Waals surface area (Å²) in [7, 11) is -1.16. The number of nitrogens with zero attached hydrogens (tertiary/aromatic N) is 7. The predicted octanol–water partition coefficient (Wildman–Crippen LogP) is 9.32. The van der Waals surface area contributed by atoms with Gasteiger partial charge in [-0.1, -0.05) is 67.2 Å². The van der Waals surface area contributed by atoms with Crippen molar-refractivity contribution in [1.29, 1.82) is 10.5 Å². The van der Waals surface area contributed by atoms with E-state index in [9.17, 15) is 10.5 Å². The molecule has 0 aliphatic heterocycles. The van der Waals surface area contributed by atoms with Crippen molar-refractivity contribution in [3.05, 3.63) is 92.7 Å². The van der Waals surface area contributed by atoms with Gasteiger partial charge in [-0.2, -0.15) is 20.5 Å². The molecule has 0 atom stereocenters. The molecule has 2 aromatic carbocycles. The molecular formula is C36H36Cl2N8OSi. The molecule has 4 aromatic heterocycles. The highest BCUT2D eigenvalue weighted by Gasteiger charge is 2.20. The van der Waals surface area contributed by atoms with E-state index in [1.54, 1.807) is 12.4 Å². The summed E-state index contributed by atoms with van der Waals surface area (Å²) < 4.78 is 7.72. The van der Waals surface area contributed by atoms with E-state index in [4.69, 9.17) is 27.9 Å². The first-order valence-corrected chi connectivity index (χ1v) is 19.9. The van der Waals surface area contributed by atoms with Crippen molar-refractivity contribution in [1.82, 2.24) is 29.5 Å². The van der Waals surface area contributed by atoms with Crippen LogP contribution in [0, 0.1) is 50.4 Å². The number of ether oxygens (including phenoxy) is 1. The maximum Gasteiger partial charge on any atom is 0.224 e. The molecule has 12 heteroatoms. The maximum absolute atomic E-state index is 9.69. The molecule has 244 valence electrons. The van der Waals surface area contributed by atoms with Gasteiger partial charge in [0.1, 0.15) is 30.2 Å². The zero-order valence-electron chi connectivity index (χ0n) is 28.0. The van der Waals surface area contributed by atoms with Gasteiger partial charge < -0.3 is 14.3 Å². The topological polar surface area (TPSA) is 129 Å². The molecular weight excluding hydrogens is 659 g/mol. The van der Waals surface area contributed by atoms with Crippen molar-refractivity contribution in [3.8, 4) is 34.7 Å². The number of nitrogens with one attached hydrogen (secondary N) is 1. The number of hydrogen-bond acceptors (Lipinski definition) is 7. The van der Waals surface area contributed by atoms with E-state index in [1.165, 1.54) is 11.1 Å². The molecule has 9 nitrogen and oxygen atoms in total. The average Bonchev–Trinajstić information content (AvgIpc) is 3.59. The van der Waals surface area contributed by atoms with E-state index in [0.29, 0.717) is 57.9 Å². The van der Waals surface area contributed by atoms with Gasteiger partial charge in [-0.15, -0.1) is 0 Å². The van der Waals surface area contributed by atoms with Gasteiger partial charge >= 0.3 is 0 Å². The van der Waals surface area contributed by atoms with Crippen molar-refractivity contribution in [2.45, 2.75) is 60.1 Å². The molecule has 0 saturated carbocycles. The van der Waals surface area contributed by atoms with Crippen LogP contribution in [0.4, 0.5) is 0 Å². The van der Waals surface area contributed by atoms with Crippen LogP contribution in [0.15, 0.2) is 48.8 Å². The molecule has 0 amide bonds. The van der Waals surface area contributed by atoms with E-state index in [0.717, 1.165) is 28.3 Å². The lowest BCUT2D eigenvalue weighted by Gasteiger charge is -2.15. The largest absolute Gasteiger partial charge is 0.361 e. The first kappa shape index (κ1) is 34.7. The average molecular weight is 696 g/mol. The Bertz CT molecular complexity index is 2240. The molecule has 0 spiro atoms. The van der Waals surface area contributed by atoms with Crippen LogP contribution in [0.25, 0.3) is 44.6 Å². The number of halogens is 2. The van der Waals surface area contributed by atoms with Crippen molar-refractivity contribution in [2.75, 3.05) is 6.61 Å². The van der Waals surface area contributed by atoms with Crippen LogP contribution < -0.4 is 0 Å². The Balaban J connectivity index is 0.000000198. The molecule has 0 bridgehead atoms. The molecule has 0 saturated heterocycles. The number of benzene rings is 2. The molecule has 0 unspecified atom stereocenters. The summed E-state index contributed by atoms with van der Waals surface area (Å²) in [6.07, 6.45) is 3.40. The molecule has 4 heterocycles. The third-order valence-corrected chi connectivity index (χ3v) is 9.98. The number of nitriles is 2. The lowest BCUT2D eigenvalue weighted by Crippen LogP contribution is -2.22. The van der Waals surface area contributed by atoms with E-state index >= 15 is 0 Å². The molecule has 0 radical (unpaired) electrons. The lowest BCUT2D eigenvalue weighted by atomic mass is 10.00. The van der Waals surface area contributed by atoms with Crippen molar-refractivity contribution < 1.29 is 4.74 Å². The van der Waals surface area contributed by atoms with Crippen LogP contribution >= 0.6 is 23.2 Å². The predicted molar refractivity (Wildman–Crippen MR) is 195 cm³/mol. The van der Waals surface area contributed by atoms with Crippen molar-refractivity contribution in [3.63, 3.8) is 0 Å². The van der Waals surface area contributed by atoms with Crippen LogP contribution in [0.5, 0.6) is 0 Å². The summed E-state index contributed by atoms with van der Waals surface area (Å²) >= 11 is 12.2. The number of fused-ring (bicyclic) bond motifs is 2. The molecule has 6 aromatic rings. The van der Waals surface area contributed by atoms with Gasteiger partial charge in [-0.05, 0) is 68.1 Å². The summed E-state index contributed by atoms with van der Waals surface area (Å²) in [5.74, 6) is 0. The number of aromatic amines is 1. The summed E-state index contributed by atoms with van der Waals surface area (Å²) in [4.78, 5) is 20.3. The molecule has 1 N–H and O–H groups in total. The minimum atomic E-state index is -1.16. The monoisotopic (exact) mass is 694 g/mol. The van der Waals surface area contributed by atoms with Crippen LogP contribution in [-0.2, 0) is 11.5 Å². The van der Waals surface area contributed by atoms with Gasteiger partial charge in [0.15, 0.2) is 0 Å². The fourth-order valence-corrected chi connectivity index (χ4v) is 6.62. The Morgan fingerprint density at radius 3 is 1.90 bits per heavy atom. The van der Waals surface area contributed by atoms with Crippen LogP contribution in [0.3, 0.4) is 0 Å². The number of aromatic nitrogens is 6. The van der Waals surface area contributed by atoms with Gasteiger partial charge in [0.05, 0.1) is 33.3 Å². The highest BCUT2D eigenvalue weighted by molar-refractivity contribution is 6.76. The molecule has 0 aliphatic carbocycles. The standard InChI is InChI=1S/C21H25ClN4OSi.C15H11ClN4/c1-14-6-7-17(15(2)10-14)19-18-16(11-23)12-26(20(18)25-21(22)24-19)13-27-8-9-28(3,4)5;1-8-3-4-11(9(2)5-8)13-12-10(6-17)7-18-14(12)20-15(16)19-13/h6-7,10,12H,8-9,13H2,1-5H3;3-5,7H,1-2H3,(H,18,19,20). The second-order valence-corrected chi connectivity index (χ2v) is 19.3. The highest BCUT2D eigenvalue weighted by atomic mass is 35.5. The summed E-state index contributed by atoms with van der Waals surface area (Å²) in [5, 5.41) is 20.7. The fourth-order valence-electron chi connectivity index (χ4n) is 5.53. The first-order chi connectivity index (χ1) is 22.8. The number of rotatable bonds is 7. The van der Waals surface area contributed by atoms with E-state index in [-0.39, 0.29) is 10.6 Å². The minimum absolute atomic E-state index is 0.161. The van der Waals surface area contributed by atoms with E-state index in [2.05, 4.69) is 68.8 Å². The molecule has 6 rings (SSSR count). The van der Waals surface area contributed by atoms with Gasteiger partial charge in [0.25, 0.3) is 0 Å². The second kappa shape index (κ2) is 14.3. The number of H-pyrrole nitrogens is 1.